The minimum Gasteiger partial charge on any atom is -0.385 e. The fraction of sp³-hybridized carbons (Fsp3) is 0.350. The summed E-state index contributed by atoms with van der Waals surface area (Å²) in [7, 11) is 0. The van der Waals surface area contributed by atoms with Crippen LogP contribution in [0.1, 0.15) is 29.7 Å². The first-order valence-corrected chi connectivity index (χ1v) is 8.67. The molecule has 1 fully saturated rings. The van der Waals surface area contributed by atoms with Crippen molar-refractivity contribution in [3.8, 4) is 0 Å². The third kappa shape index (κ3) is 3.17. The molecule has 0 unspecified atom stereocenters. The van der Waals surface area contributed by atoms with Crippen LogP contribution < -0.4 is 0 Å². The minimum atomic E-state index is -0.861. The van der Waals surface area contributed by atoms with Gasteiger partial charge in [0.15, 0.2) is 0 Å². The fourth-order valence-electron chi connectivity index (χ4n) is 3.64. The smallest absolute Gasteiger partial charge is 0.139 e. The summed E-state index contributed by atoms with van der Waals surface area (Å²) >= 11 is 0. The largest absolute Gasteiger partial charge is 0.385 e. The quantitative estimate of drug-likeness (QED) is 0.796. The first-order valence-electron chi connectivity index (χ1n) is 8.67. The molecule has 130 valence electrons. The van der Waals surface area contributed by atoms with E-state index in [4.69, 9.17) is 4.98 Å². The zero-order valence-corrected chi connectivity index (χ0v) is 14.3. The molecule has 1 saturated heterocycles. The zero-order chi connectivity index (χ0) is 17.4. The maximum absolute atomic E-state index is 13.1. The number of halogens is 1. The average molecular weight is 339 g/mol. The third-order valence-corrected chi connectivity index (χ3v) is 5.18. The number of hydrogen-bond acceptors (Lipinski definition) is 3. The number of aryl methyl sites for hydroxylation is 1. The minimum absolute atomic E-state index is 0.271. The number of nitrogens with zero attached hydrogens (tertiary/aromatic N) is 3. The van der Waals surface area contributed by atoms with Crippen LogP contribution in [0.4, 0.5) is 4.39 Å². The lowest BCUT2D eigenvalue weighted by atomic mass is 9.84. The van der Waals surface area contributed by atoms with Gasteiger partial charge in [-0.05, 0) is 49.1 Å². The van der Waals surface area contributed by atoms with Gasteiger partial charge in [-0.2, -0.15) is 0 Å². The highest BCUT2D eigenvalue weighted by Gasteiger charge is 2.34. The molecule has 25 heavy (non-hydrogen) atoms. The standard InChI is InChI=1S/C20H22FN3O/c1-15-3-2-10-24-14-18(22-19(15)24)13-23-11-8-20(25,9-12-23)16-4-6-17(21)7-5-16/h2-7,10,14,25H,8-9,11-13H2,1H3. The summed E-state index contributed by atoms with van der Waals surface area (Å²) < 4.78 is 15.2. The van der Waals surface area contributed by atoms with E-state index in [9.17, 15) is 9.50 Å². The molecular formula is C20H22FN3O. The van der Waals surface area contributed by atoms with Gasteiger partial charge in [0.1, 0.15) is 11.5 Å². The predicted octanol–water partition coefficient (Wildman–Crippen LogP) is 3.27. The lowest BCUT2D eigenvalue weighted by Gasteiger charge is -2.38. The van der Waals surface area contributed by atoms with Crippen molar-refractivity contribution < 1.29 is 9.50 Å². The molecule has 3 aromatic rings. The van der Waals surface area contributed by atoms with E-state index >= 15 is 0 Å². The van der Waals surface area contributed by atoms with Crippen LogP contribution in [0.15, 0.2) is 48.8 Å². The van der Waals surface area contributed by atoms with Crippen LogP contribution in [0.25, 0.3) is 5.65 Å². The van der Waals surface area contributed by atoms with Crippen molar-refractivity contribution in [2.24, 2.45) is 0 Å². The predicted molar refractivity (Wildman–Crippen MR) is 94.7 cm³/mol. The van der Waals surface area contributed by atoms with Gasteiger partial charge < -0.3 is 9.51 Å². The molecule has 1 aliphatic heterocycles. The van der Waals surface area contributed by atoms with Crippen LogP contribution in [0.2, 0.25) is 0 Å². The Hall–Kier alpha value is -2.24. The number of fused-ring (bicyclic) bond motifs is 1. The molecule has 1 aliphatic rings. The number of rotatable bonds is 3. The topological polar surface area (TPSA) is 40.8 Å². The molecule has 4 nitrogen and oxygen atoms in total. The van der Waals surface area contributed by atoms with Crippen LogP contribution in [0, 0.1) is 12.7 Å². The van der Waals surface area contributed by atoms with E-state index in [1.807, 2.05) is 12.3 Å². The summed E-state index contributed by atoms with van der Waals surface area (Å²) in [6.07, 6.45) is 5.38. The van der Waals surface area contributed by atoms with Crippen molar-refractivity contribution >= 4 is 5.65 Å². The number of aliphatic hydroxyl groups is 1. The third-order valence-electron chi connectivity index (χ3n) is 5.18. The molecule has 0 bridgehead atoms. The Balaban J connectivity index is 1.44. The number of likely N-dealkylation sites (tertiary alicyclic amines) is 1. The molecule has 4 rings (SSSR count). The Labute approximate surface area is 146 Å². The second-order valence-corrected chi connectivity index (χ2v) is 6.97. The van der Waals surface area contributed by atoms with Gasteiger partial charge >= 0.3 is 0 Å². The summed E-state index contributed by atoms with van der Waals surface area (Å²) in [6.45, 7) is 4.43. The molecule has 1 N–H and O–H groups in total. The Kier molecular flexibility index (Phi) is 4.06. The Morgan fingerprint density at radius 3 is 2.56 bits per heavy atom. The van der Waals surface area contributed by atoms with E-state index in [0.29, 0.717) is 12.8 Å². The number of imidazole rings is 1. The van der Waals surface area contributed by atoms with E-state index in [2.05, 4.69) is 28.5 Å². The highest BCUT2D eigenvalue weighted by atomic mass is 19.1. The maximum Gasteiger partial charge on any atom is 0.139 e. The fourth-order valence-corrected chi connectivity index (χ4v) is 3.64. The SMILES string of the molecule is Cc1cccn2cc(CN3CCC(O)(c4ccc(F)cc4)CC3)nc12. The van der Waals surface area contributed by atoms with E-state index in [1.165, 1.54) is 12.1 Å². The number of pyridine rings is 1. The maximum atomic E-state index is 13.1. The van der Waals surface area contributed by atoms with Crippen LogP contribution in [-0.4, -0.2) is 32.5 Å². The highest BCUT2D eigenvalue weighted by Crippen LogP contribution is 2.33. The zero-order valence-electron chi connectivity index (χ0n) is 14.3. The van der Waals surface area contributed by atoms with E-state index < -0.39 is 5.60 Å². The van der Waals surface area contributed by atoms with Crippen molar-refractivity contribution in [2.75, 3.05) is 13.1 Å². The van der Waals surface area contributed by atoms with Crippen LogP contribution in [0.3, 0.4) is 0 Å². The van der Waals surface area contributed by atoms with Gasteiger partial charge in [-0.3, -0.25) is 4.90 Å². The van der Waals surface area contributed by atoms with Gasteiger partial charge in [0, 0.05) is 32.0 Å². The van der Waals surface area contributed by atoms with Crippen molar-refractivity contribution in [1.29, 1.82) is 0 Å². The Morgan fingerprint density at radius 1 is 1.16 bits per heavy atom. The molecule has 0 saturated carbocycles. The van der Waals surface area contributed by atoms with Gasteiger partial charge in [-0.25, -0.2) is 9.37 Å². The normalized spacial score (nSPS) is 17.9. The number of aromatic nitrogens is 2. The number of hydrogen-bond donors (Lipinski definition) is 1. The molecule has 2 aromatic heterocycles. The summed E-state index contributed by atoms with van der Waals surface area (Å²) in [4.78, 5) is 7.04. The molecule has 0 radical (unpaired) electrons. The van der Waals surface area contributed by atoms with Gasteiger partial charge in [0.25, 0.3) is 0 Å². The van der Waals surface area contributed by atoms with Crippen molar-refractivity contribution in [3.63, 3.8) is 0 Å². The lowest BCUT2D eigenvalue weighted by molar-refractivity contribution is -0.0279. The molecular weight excluding hydrogens is 317 g/mol. The van der Waals surface area contributed by atoms with Gasteiger partial charge in [0.2, 0.25) is 0 Å². The van der Waals surface area contributed by atoms with Crippen LogP contribution in [-0.2, 0) is 12.1 Å². The summed E-state index contributed by atoms with van der Waals surface area (Å²) in [5.41, 5.74) is 3.15. The molecule has 5 heteroatoms. The summed E-state index contributed by atoms with van der Waals surface area (Å²) in [6, 6.07) is 10.3. The van der Waals surface area contributed by atoms with Crippen molar-refractivity contribution in [2.45, 2.75) is 31.9 Å². The molecule has 0 spiro atoms. The highest BCUT2D eigenvalue weighted by molar-refractivity contribution is 5.47. The number of piperidine rings is 1. The molecule has 0 aliphatic carbocycles. The molecule has 3 heterocycles. The van der Waals surface area contributed by atoms with Crippen molar-refractivity contribution in [1.82, 2.24) is 14.3 Å². The van der Waals surface area contributed by atoms with Crippen LogP contribution >= 0.6 is 0 Å². The molecule has 0 amide bonds. The van der Waals surface area contributed by atoms with Gasteiger partial charge in [-0.1, -0.05) is 18.2 Å². The molecule has 0 atom stereocenters. The summed E-state index contributed by atoms with van der Waals surface area (Å²) in [5, 5.41) is 10.9. The first kappa shape index (κ1) is 16.2. The van der Waals surface area contributed by atoms with E-state index in [0.717, 1.165) is 42.1 Å². The molecule has 1 aromatic carbocycles. The van der Waals surface area contributed by atoms with Gasteiger partial charge in [-0.15, -0.1) is 0 Å². The van der Waals surface area contributed by atoms with Crippen molar-refractivity contribution in [3.05, 3.63) is 71.4 Å². The number of benzene rings is 1. The Morgan fingerprint density at radius 2 is 1.88 bits per heavy atom. The van der Waals surface area contributed by atoms with Crippen LogP contribution in [0.5, 0.6) is 0 Å². The monoisotopic (exact) mass is 339 g/mol. The van der Waals surface area contributed by atoms with Gasteiger partial charge in [0.05, 0.1) is 11.3 Å². The second-order valence-electron chi connectivity index (χ2n) is 6.97. The lowest BCUT2D eigenvalue weighted by Crippen LogP contribution is -2.42. The van der Waals surface area contributed by atoms with E-state index in [1.54, 1.807) is 12.1 Å². The first-order chi connectivity index (χ1) is 12.0. The second kappa shape index (κ2) is 6.24. The van der Waals surface area contributed by atoms with E-state index in [-0.39, 0.29) is 5.82 Å². The summed E-state index contributed by atoms with van der Waals surface area (Å²) in [5.74, 6) is -0.271. The average Bonchev–Trinajstić information content (AvgIpc) is 3.02. The Bertz CT molecular complexity index is 880.